The first kappa shape index (κ1) is 11.6. The van der Waals surface area contributed by atoms with Gasteiger partial charge < -0.3 is 5.32 Å². The van der Waals surface area contributed by atoms with E-state index in [9.17, 15) is 0 Å². The summed E-state index contributed by atoms with van der Waals surface area (Å²) in [6, 6.07) is 4.57. The van der Waals surface area contributed by atoms with Crippen molar-refractivity contribution < 1.29 is 0 Å². The third-order valence-electron chi connectivity index (χ3n) is 3.21. The van der Waals surface area contributed by atoms with Crippen LogP contribution < -0.4 is 5.32 Å². The van der Waals surface area contributed by atoms with E-state index in [4.69, 9.17) is 0 Å². The van der Waals surface area contributed by atoms with E-state index in [1.54, 1.807) is 0 Å². The molecule has 1 aliphatic heterocycles. The van der Waals surface area contributed by atoms with Crippen molar-refractivity contribution in [2.45, 2.75) is 32.4 Å². The van der Waals surface area contributed by atoms with Crippen LogP contribution in [0.2, 0.25) is 0 Å². The molecular formula is C13H21N3. The summed E-state index contributed by atoms with van der Waals surface area (Å²) in [5.74, 6) is 0. The van der Waals surface area contributed by atoms with Crippen molar-refractivity contribution in [2.24, 2.45) is 0 Å². The van der Waals surface area contributed by atoms with Crippen molar-refractivity contribution in [1.29, 1.82) is 0 Å². The third kappa shape index (κ3) is 2.60. The largest absolute Gasteiger partial charge is 0.308 e. The van der Waals surface area contributed by atoms with Crippen LogP contribution in [0.25, 0.3) is 0 Å². The lowest BCUT2D eigenvalue weighted by molar-refractivity contribution is 0.0957. The van der Waals surface area contributed by atoms with E-state index >= 15 is 0 Å². The maximum Gasteiger partial charge on any atom is 0.0465 e. The van der Waals surface area contributed by atoms with Gasteiger partial charge in [-0.2, -0.15) is 0 Å². The monoisotopic (exact) mass is 219 g/mol. The average Bonchev–Trinajstić information content (AvgIpc) is 2.29. The molecule has 1 fully saturated rings. The highest BCUT2D eigenvalue weighted by Crippen LogP contribution is 2.22. The summed E-state index contributed by atoms with van der Waals surface area (Å²) in [7, 11) is 0. The Hall–Kier alpha value is -0.930. The molecule has 1 atom stereocenters. The van der Waals surface area contributed by atoms with Crippen molar-refractivity contribution in [1.82, 2.24) is 15.2 Å². The van der Waals surface area contributed by atoms with Gasteiger partial charge in [-0.25, -0.2) is 0 Å². The Balaban J connectivity index is 2.08. The number of hydrogen-bond acceptors (Lipinski definition) is 3. The van der Waals surface area contributed by atoms with Crippen LogP contribution in [0.5, 0.6) is 0 Å². The number of aromatic nitrogens is 1. The molecule has 88 valence electrons. The molecule has 2 rings (SSSR count). The molecule has 0 radical (unpaired) electrons. The Morgan fingerprint density at radius 1 is 1.44 bits per heavy atom. The van der Waals surface area contributed by atoms with Gasteiger partial charge in [-0.3, -0.25) is 9.88 Å². The van der Waals surface area contributed by atoms with E-state index < -0.39 is 0 Å². The molecule has 0 aliphatic carbocycles. The number of piperazine rings is 1. The minimum Gasteiger partial charge on any atom is -0.308 e. The Kier molecular flexibility index (Phi) is 3.26. The molecule has 3 nitrogen and oxygen atoms in total. The standard InChI is InChI=1S/C13H21N3/c1-13(2,3)16-8-7-15-12(10-16)11-5-4-6-14-9-11/h4-6,9,12,15H,7-8,10H2,1-3H3. The van der Waals surface area contributed by atoms with Crippen molar-refractivity contribution in [3.05, 3.63) is 30.1 Å². The molecule has 0 amide bonds. The van der Waals surface area contributed by atoms with Gasteiger partial charge in [0.05, 0.1) is 0 Å². The van der Waals surface area contributed by atoms with E-state index in [2.05, 4.69) is 42.0 Å². The topological polar surface area (TPSA) is 28.2 Å². The molecule has 1 unspecified atom stereocenters. The van der Waals surface area contributed by atoms with E-state index in [0.717, 1.165) is 19.6 Å². The van der Waals surface area contributed by atoms with Crippen molar-refractivity contribution in [2.75, 3.05) is 19.6 Å². The average molecular weight is 219 g/mol. The molecule has 1 saturated heterocycles. The maximum absolute atomic E-state index is 4.19. The predicted molar refractivity (Wildman–Crippen MR) is 66.3 cm³/mol. The minimum atomic E-state index is 0.253. The smallest absolute Gasteiger partial charge is 0.0465 e. The second-order valence-electron chi connectivity index (χ2n) is 5.41. The summed E-state index contributed by atoms with van der Waals surface area (Å²) in [6.45, 7) is 10.1. The summed E-state index contributed by atoms with van der Waals surface area (Å²) in [5, 5.41) is 3.56. The summed E-state index contributed by atoms with van der Waals surface area (Å²) < 4.78 is 0. The summed E-state index contributed by atoms with van der Waals surface area (Å²) in [5.41, 5.74) is 1.54. The van der Waals surface area contributed by atoms with E-state index in [-0.39, 0.29) is 5.54 Å². The van der Waals surface area contributed by atoms with Crippen LogP contribution in [0.4, 0.5) is 0 Å². The van der Waals surface area contributed by atoms with E-state index in [0.29, 0.717) is 6.04 Å². The first-order valence-electron chi connectivity index (χ1n) is 5.96. The van der Waals surface area contributed by atoms with Crippen molar-refractivity contribution >= 4 is 0 Å². The predicted octanol–water partition coefficient (Wildman–Crippen LogP) is 1.83. The van der Waals surface area contributed by atoms with E-state index in [1.807, 2.05) is 18.5 Å². The number of pyridine rings is 1. The van der Waals surface area contributed by atoms with Crippen molar-refractivity contribution in [3.63, 3.8) is 0 Å². The molecule has 16 heavy (non-hydrogen) atoms. The summed E-state index contributed by atoms with van der Waals surface area (Å²) >= 11 is 0. The van der Waals surface area contributed by atoms with Gasteiger partial charge in [0.15, 0.2) is 0 Å². The first-order valence-corrected chi connectivity index (χ1v) is 5.96. The van der Waals surface area contributed by atoms with Crippen molar-refractivity contribution in [3.8, 4) is 0 Å². The molecular weight excluding hydrogens is 198 g/mol. The lowest BCUT2D eigenvalue weighted by Crippen LogP contribution is -2.53. The highest BCUT2D eigenvalue weighted by Gasteiger charge is 2.28. The Morgan fingerprint density at radius 2 is 2.25 bits per heavy atom. The molecule has 1 aromatic rings. The summed E-state index contributed by atoms with van der Waals surface area (Å²) in [6.07, 6.45) is 3.79. The minimum absolute atomic E-state index is 0.253. The molecule has 2 heterocycles. The van der Waals surface area contributed by atoms with Crippen LogP contribution in [0.3, 0.4) is 0 Å². The number of rotatable bonds is 1. The highest BCUT2D eigenvalue weighted by atomic mass is 15.2. The second kappa shape index (κ2) is 4.52. The molecule has 0 saturated carbocycles. The molecule has 1 aliphatic rings. The second-order valence-corrected chi connectivity index (χ2v) is 5.41. The highest BCUT2D eigenvalue weighted by molar-refractivity contribution is 5.15. The van der Waals surface area contributed by atoms with Gasteiger partial charge in [0.25, 0.3) is 0 Å². The molecule has 3 heteroatoms. The van der Waals surface area contributed by atoms with Gasteiger partial charge in [-0.1, -0.05) is 6.07 Å². The Labute approximate surface area is 97.9 Å². The normalized spacial score (nSPS) is 23.3. The SMILES string of the molecule is CC(C)(C)N1CCNC(c2cccnc2)C1. The van der Waals surface area contributed by atoms with Crippen LogP contribution in [0, 0.1) is 0 Å². The van der Waals surface area contributed by atoms with Gasteiger partial charge in [0, 0.05) is 43.6 Å². The Bertz CT molecular complexity index is 329. The zero-order valence-corrected chi connectivity index (χ0v) is 10.4. The van der Waals surface area contributed by atoms with Crippen LogP contribution in [0.1, 0.15) is 32.4 Å². The molecule has 1 N–H and O–H groups in total. The lowest BCUT2D eigenvalue weighted by Gasteiger charge is -2.42. The fourth-order valence-electron chi connectivity index (χ4n) is 2.16. The zero-order valence-electron chi connectivity index (χ0n) is 10.4. The summed E-state index contributed by atoms with van der Waals surface area (Å²) in [4.78, 5) is 6.72. The van der Waals surface area contributed by atoms with Crippen LogP contribution in [-0.4, -0.2) is 35.1 Å². The van der Waals surface area contributed by atoms with E-state index in [1.165, 1.54) is 5.56 Å². The first-order chi connectivity index (χ1) is 7.57. The number of nitrogens with zero attached hydrogens (tertiary/aromatic N) is 2. The quantitative estimate of drug-likeness (QED) is 0.781. The van der Waals surface area contributed by atoms with Crippen LogP contribution in [0.15, 0.2) is 24.5 Å². The Morgan fingerprint density at radius 3 is 2.88 bits per heavy atom. The molecule has 1 aromatic heterocycles. The van der Waals surface area contributed by atoms with Gasteiger partial charge in [-0.15, -0.1) is 0 Å². The van der Waals surface area contributed by atoms with Gasteiger partial charge in [0.2, 0.25) is 0 Å². The fraction of sp³-hybridized carbons (Fsp3) is 0.615. The van der Waals surface area contributed by atoms with Gasteiger partial charge in [0.1, 0.15) is 0 Å². The fourth-order valence-corrected chi connectivity index (χ4v) is 2.16. The lowest BCUT2D eigenvalue weighted by atomic mass is 10.0. The van der Waals surface area contributed by atoms with Gasteiger partial charge in [-0.05, 0) is 32.4 Å². The number of nitrogens with one attached hydrogen (secondary N) is 1. The molecule has 0 aromatic carbocycles. The zero-order chi connectivity index (χ0) is 11.6. The maximum atomic E-state index is 4.19. The molecule has 0 bridgehead atoms. The van der Waals surface area contributed by atoms with Crippen LogP contribution >= 0.6 is 0 Å². The number of hydrogen-bond donors (Lipinski definition) is 1. The van der Waals surface area contributed by atoms with Crippen LogP contribution in [-0.2, 0) is 0 Å². The third-order valence-corrected chi connectivity index (χ3v) is 3.21. The molecule has 0 spiro atoms. The van der Waals surface area contributed by atoms with Gasteiger partial charge >= 0.3 is 0 Å².